The van der Waals surface area contributed by atoms with Gasteiger partial charge in [-0.3, -0.25) is 0 Å². The van der Waals surface area contributed by atoms with Crippen LogP contribution in [-0.2, 0) is 0 Å². The number of halogens is 1. The molecule has 4 heteroatoms. The highest BCUT2D eigenvalue weighted by molar-refractivity contribution is 9.10. The van der Waals surface area contributed by atoms with E-state index in [1.165, 1.54) is 24.8 Å². The van der Waals surface area contributed by atoms with Gasteiger partial charge in [0.15, 0.2) is 0 Å². The minimum atomic E-state index is -0.467. The molecular formula is C16H24BrNO2. The Kier molecular flexibility index (Phi) is 5.87. The lowest BCUT2D eigenvalue weighted by molar-refractivity contribution is 0.105. The highest BCUT2D eigenvalue weighted by Crippen LogP contribution is 2.34. The third kappa shape index (κ3) is 4.76. The van der Waals surface area contributed by atoms with Crippen LogP contribution in [0.3, 0.4) is 0 Å². The second kappa shape index (κ2) is 7.43. The van der Waals surface area contributed by atoms with Gasteiger partial charge in [0, 0.05) is 12.6 Å². The molecule has 2 rings (SSSR count). The maximum Gasteiger partial charge on any atom is 0.133 e. The van der Waals surface area contributed by atoms with E-state index in [4.69, 9.17) is 4.74 Å². The number of aliphatic hydroxyl groups excluding tert-OH is 1. The molecule has 0 saturated heterocycles. The number of benzene rings is 1. The first-order valence-electron chi connectivity index (χ1n) is 7.40. The first-order chi connectivity index (χ1) is 9.60. The zero-order chi connectivity index (χ0) is 14.5. The minimum absolute atomic E-state index is 0.319. The van der Waals surface area contributed by atoms with Gasteiger partial charge < -0.3 is 15.2 Å². The standard InChI is InChI=1S/C16H24BrNO2/c1-3-4-12-8-15(12)18-9-13(19)10-20-16-6-5-11(2)7-14(16)17/h5-7,12-13,15,18-19H,3-4,8-10H2,1-2H3. The van der Waals surface area contributed by atoms with Crippen molar-refractivity contribution in [3.63, 3.8) is 0 Å². The van der Waals surface area contributed by atoms with Crippen molar-refractivity contribution < 1.29 is 9.84 Å². The van der Waals surface area contributed by atoms with Gasteiger partial charge in [0.25, 0.3) is 0 Å². The number of aliphatic hydroxyl groups is 1. The highest BCUT2D eigenvalue weighted by Gasteiger charge is 2.35. The number of hydrogen-bond acceptors (Lipinski definition) is 3. The van der Waals surface area contributed by atoms with Crippen molar-refractivity contribution in [2.75, 3.05) is 13.2 Å². The van der Waals surface area contributed by atoms with Crippen LogP contribution >= 0.6 is 15.9 Å². The maximum atomic E-state index is 9.95. The van der Waals surface area contributed by atoms with Crippen LogP contribution < -0.4 is 10.1 Å². The van der Waals surface area contributed by atoms with Crippen LogP contribution in [0.5, 0.6) is 5.75 Å². The van der Waals surface area contributed by atoms with Crippen LogP contribution in [0.2, 0.25) is 0 Å². The number of rotatable bonds is 8. The van der Waals surface area contributed by atoms with Crippen molar-refractivity contribution in [2.24, 2.45) is 5.92 Å². The average Bonchev–Trinajstić information content (AvgIpc) is 3.14. The van der Waals surface area contributed by atoms with E-state index in [2.05, 4.69) is 28.2 Å². The molecule has 0 amide bonds. The lowest BCUT2D eigenvalue weighted by atomic mass is 10.2. The minimum Gasteiger partial charge on any atom is -0.490 e. The van der Waals surface area contributed by atoms with Crippen molar-refractivity contribution in [3.05, 3.63) is 28.2 Å². The zero-order valence-corrected chi connectivity index (χ0v) is 13.8. The van der Waals surface area contributed by atoms with Gasteiger partial charge in [-0.25, -0.2) is 0 Å². The summed E-state index contributed by atoms with van der Waals surface area (Å²) in [6.07, 6.45) is 3.33. The van der Waals surface area contributed by atoms with Crippen molar-refractivity contribution in [1.82, 2.24) is 5.32 Å². The summed E-state index contributed by atoms with van der Waals surface area (Å²) in [5.41, 5.74) is 1.18. The predicted octanol–water partition coefficient (Wildman–Crippen LogP) is 3.28. The lowest BCUT2D eigenvalue weighted by Crippen LogP contribution is -2.33. The van der Waals surface area contributed by atoms with Gasteiger partial charge in [-0.1, -0.05) is 19.4 Å². The van der Waals surface area contributed by atoms with Crippen molar-refractivity contribution in [2.45, 2.75) is 45.3 Å². The maximum absolute atomic E-state index is 9.95. The van der Waals surface area contributed by atoms with E-state index in [0.717, 1.165) is 16.1 Å². The molecule has 20 heavy (non-hydrogen) atoms. The van der Waals surface area contributed by atoms with Crippen LogP contribution in [0.15, 0.2) is 22.7 Å². The topological polar surface area (TPSA) is 41.5 Å². The van der Waals surface area contributed by atoms with E-state index in [-0.39, 0.29) is 0 Å². The van der Waals surface area contributed by atoms with Gasteiger partial charge in [0.2, 0.25) is 0 Å². The van der Waals surface area contributed by atoms with Gasteiger partial charge >= 0.3 is 0 Å². The Labute approximate surface area is 129 Å². The molecule has 0 aromatic heterocycles. The number of aryl methyl sites for hydroxylation is 1. The van der Waals surface area contributed by atoms with Crippen LogP contribution in [0.1, 0.15) is 31.7 Å². The molecule has 1 aliphatic carbocycles. The van der Waals surface area contributed by atoms with E-state index >= 15 is 0 Å². The predicted molar refractivity (Wildman–Crippen MR) is 85.2 cm³/mol. The molecule has 3 atom stereocenters. The molecule has 0 radical (unpaired) electrons. The van der Waals surface area contributed by atoms with Gasteiger partial charge in [-0.15, -0.1) is 0 Å². The zero-order valence-electron chi connectivity index (χ0n) is 12.2. The van der Waals surface area contributed by atoms with Gasteiger partial charge in [-0.2, -0.15) is 0 Å². The molecule has 0 aliphatic heterocycles. The monoisotopic (exact) mass is 341 g/mol. The number of hydrogen-bond donors (Lipinski definition) is 2. The van der Waals surface area contributed by atoms with Crippen LogP contribution in [0, 0.1) is 12.8 Å². The molecule has 1 aromatic rings. The van der Waals surface area contributed by atoms with Gasteiger partial charge in [-0.05, 0) is 59.3 Å². The Bertz CT molecular complexity index is 438. The Morgan fingerprint density at radius 2 is 2.30 bits per heavy atom. The smallest absolute Gasteiger partial charge is 0.133 e. The molecule has 3 nitrogen and oxygen atoms in total. The summed E-state index contributed by atoms with van der Waals surface area (Å²) in [4.78, 5) is 0. The number of ether oxygens (including phenoxy) is 1. The normalized spacial score (nSPS) is 22.6. The first kappa shape index (κ1) is 15.8. The van der Waals surface area contributed by atoms with E-state index in [1.807, 2.05) is 25.1 Å². The summed E-state index contributed by atoms with van der Waals surface area (Å²) in [7, 11) is 0. The highest BCUT2D eigenvalue weighted by atomic mass is 79.9. The third-order valence-corrected chi connectivity index (χ3v) is 4.34. The third-order valence-electron chi connectivity index (χ3n) is 3.72. The van der Waals surface area contributed by atoms with E-state index in [0.29, 0.717) is 19.2 Å². The Morgan fingerprint density at radius 1 is 1.50 bits per heavy atom. The summed E-state index contributed by atoms with van der Waals surface area (Å²) in [5, 5.41) is 13.4. The van der Waals surface area contributed by atoms with Crippen LogP contribution in [-0.4, -0.2) is 30.4 Å². The lowest BCUT2D eigenvalue weighted by Gasteiger charge is -2.14. The molecule has 112 valence electrons. The first-order valence-corrected chi connectivity index (χ1v) is 8.19. The van der Waals surface area contributed by atoms with Crippen molar-refractivity contribution >= 4 is 15.9 Å². The average molecular weight is 342 g/mol. The largest absolute Gasteiger partial charge is 0.490 e. The SMILES string of the molecule is CCCC1CC1NCC(O)COc1ccc(C)cc1Br. The quantitative estimate of drug-likeness (QED) is 0.762. The fourth-order valence-electron chi connectivity index (χ4n) is 2.44. The molecule has 3 unspecified atom stereocenters. The Hall–Kier alpha value is -0.580. The molecule has 2 N–H and O–H groups in total. The molecular weight excluding hydrogens is 318 g/mol. The molecule has 0 spiro atoms. The summed E-state index contributed by atoms with van der Waals surface area (Å²) < 4.78 is 6.58. The van der Waals surface area contributed by atoms with Gasteiger partial charge in [0.05, 0.1) is 4.47 Å². The van der Waals surface area contributed by atoms with Crippen molar-refractivity contribution in [3.8, 4) is 5.75 Å². The fourth-order valence-corrected chi connectivity index (χ4v) is 3.05. The van der Waals surface area contributed by atoms with Crippen LogP contribution in [0.25, 0.3) is 0 Å². The molecule has 1 fully saturated rings. The molecule has 1 saturated carbocycles. The summed E-state index contributed by atoms with van der Waals surface area (Å²) in [5.74, 6) is 1.60. The summed E-state index contributed by atoms with van der Waals surface area (Å²) >= 11 is 3.47. The molecule has 0 bridgehead atoms. The van der Waals surface area contributed by atoms with E-state index in [1.54, 1.807) is 0 Å². The van der Waals surface area contributed by atoms with Crippen molar-refractivity contribution in [1.29, 1.82) is 0 Å². The summed E-state index contributed by atoms with van der Waals surface area (Å²) in [6.45, 7) is 5.18. The summed E-state index contributed by atoms with van der Waals surface area (Å²) in [6, 6.07) is 6.55. The molecule has 1 aromatic carbocycles. The number of nitrogens with one attached hydrogen (secondary N) is 1. The van der Waals surface area contributed by atoms with E-state index in [9.17, 15) is 5.11 Å². The Morgan fingerprint density at radius 3 is 3.00 bits per heavy atom. The van der Waals surface area contributed by atoms with Crippen LogP contribution in [0.4, 0.5) is 0 Å². The molecule has 1 aliphatic rings. The second-order valence-electron chi connectivity index (χ2n) is 5.70. The van der Waals surface area contributed by atoms with E-state index < -0.39 is 6.10 Å². The Balaban J connectivity index is 1.66. The van der Waals surface area contributed by atoms with Gasteiger partial charge in [0.1, 0.15) is 18.5 Å². The molecule has 0 heterocycles. The second-order valence-corrected chi connectivity index (χ2v) is 6.55. The fraction of sp³-hybridized carbons (Fsp3) is 0.625.